The zero-order valence-corrected chi connectivity index (χ0v) is 17.1. The molecule has 0 aromatic heterocycles. The minimum atomic E-state index is -4.97. The fourth-order valence-corrected chi connectivity index (χ4v) is 9.82. The molecule has 1 fully saturated rings. The van der Waals surface area contributed by atoms with Crippen molar-refractivity contribution in [2.45, 2.75) is 102 Å². The summed E-state index contributed by atoms with van der Waals surface area (Å²) in [4.78, 5) is 14.9. The van der Waals surface area contributed by atoms with Gasteiger partial charge in [-0.15, -0.1) is 5.48 Å². The van der Waals surface area contributed by atoms with Crippen molar-refractivity contribution in [1.82, 2.24) is 5.48 Å². The van der Waals surface area contributed by atoms with E-state index in [1.807, 2.05) is 0 Å². The largest absolute Gasteiger partial charge is 0.492 e. The first-order valence-electron chi connectivity index (χ1n) is 9.12. The second kappa shape index (κ2) is 8.86. The second-order valence-electron chi connectivity index (χ2n) is 7.91. The summed E-state index contributed by atoms with van der Waals surface area (Å²) < 4.78 is 43.2. The van der Waals surface area contributed by atoms with Crippen LogP contribution in [0.4, 0.5) is 13.2 Å². The first-order valence-corrected chi connectivity index (χ1v) is 11.3. The lowest BCUT2D eigenvalue weighted by Crippen LogP contribution is -2.51. The number of nitrogens with one attached hydrogen (secondary N) is 1. The molecule has 148 valence electrons. The van der Waals surface area contributed by atoms with Crippen molar-refractivity contribution in [2.24, 2.45) is 0 Å². The molecule has 1 aliphatic carbocycles. The van der Waals surface area contributed by atoms with Gasteiger partial charge in [0.15, 0.2) is 0 Å². The maximum atomic E-state index is 12.1. The summed E-state index contributed by atoms with van der Waals surface area (Å²) in [5.74, 6) is -2.20. The molecule has 0 bridgehead atoms. The van der Waals surface area contributed by atoms with E-state index >= 15 is 0 Å². The van der Waals surface area contributed by atoms with Crippen LogP contribution in [0.3, 0.4) is 0 Å². The van der Waals surface area contributed by atoms with Crippen LogP contribution in [0, 0.1) is 0 Å². The highest BCUT2D eigenvalue weighted by Gasteiger charge is 2.47. The third-order valence-corrected chi connectivity index (χ3v) is 11.5. The molecule has 0 amide bonds. The highest BCUT2D eigenvalue weighted by Crippen LogP contribution is 2.44. The molecule has 1 rings (SSSR count). The molecule has 0 spiro atoms. The first-order chi connectivity index (χ1) is 11.4. The number of hydrogen-bond donors (Lipinski definition) is 1. The standard InChI is InChI=1S/C17H32F3NO3Si/c1-11(2)25(12(3)4,13(5)6)24-15-9-7-14(8-10-15)21-23-16(22)17(18,19)20/h11-15,21H,7-10H2,1-6H3. The summed E-state index contributed by atoms with van der Waals surface area (Å²) in [6, 6.07) is -0.251. The maximum Gasteiger partial charge on any atom is 0.492 e. The first kappa shape index (κ1) is 22.4. The van der Waals surface area contributed by atoms with Crippen molar-refractivity contribution in [3.63, 3.8) is 0 Å². The molecular weight excluding hydrogens is 351 g/mol. The molecule has 0 aliphatic heterocycles. The normalized spacial score (nSPS) is 22.7. The van der Waals surface area contributed by atoms with Crippen molar-refractivity contribution in [3.8, 4) is 0 Å². The van der Waals surface area contributed by atoms with Crippen LogP contribution in [-0.2, 0) is 14.1 Å². The van der Waals surface area contributed by atoms with E-state index in [-0.39, 0.29) is 12.1 Å². The monoisotopic (exact) mass is 383 g/mol. The topological polar surface area (TPSA) is 47.6 Å². The zero-order chi connectivity index (χ0) is 19.4. The highest BCUT2D eigenvalue weighted by atomic mass is 28.4. The SMILES string of the molecule is CC(C)[Si](OC1CCC(NOC(=O)C(F)(F)F)CC1)(C(C)C)C(C)C. The van der Waals surface area contributed by atoms with Crippen molar-refractivity contribution in [2.75, 3.05) is 0 Å². The van der Waals surface area contributed by atoms with Gasteiger partial charge in [0.2, 0.25) is 8.32 Å². The smallest absolute Gasteiger partial charge is 0.413 e. The molecular formula is C17H32F3NO3Si. The summed E-state index contributed by atoms with van der Waals surface area (Å²) in [6.45, 7) is 13.4. The van der Waals surface area contributed by atoms with Gasteiger partial charge in [0.25, 0.3) is 0 Å². The lowest BCUT2D eigenvalue weighted by molar-refractivity contribution is -0.209. The van der Waals surface area contributed by atoms with Crippen LogP contribution in [0.2, 0.25) is 16.6 Å². The Hall–Kier alpha value is -0.603. The minimum absolute atomic E-state index is 0.134. The molecule has 0 aromatic carbocycles. The van der Waals surface area contributed by atoms with Crippen LogP contribution >= 0.6 is 0 Å². The van der Waals surface area contributed by atoms with Crippen LogP contribution in [0.5, 0.6) is 0 Å². The van der Waals surface area contributed by atoms with Gasteiger partial charge < -0.3 is 9.26 Å². The van der Waals surface area contributed by atoms with E-state index in [1.54, 1.807) is 0 Å². The van der Waals surface area contributed by atoms with E-state index in [2.05, 4.69) is 51.9 Å². The predicted molar refractivity (Wildman–Crippen MR) is 93.5 cm³/mol. The number of rotatable bonds is 7. The molecule has 0 atom stereocenters. The molecule has 1 saturated carbocycles. The zero-order valence-electron chi connectivity index (χ0n) is 16.1. The molecule has 0 aromatic rings. The highest BCUT2D eigenvalue weighted by molar-refractivity contribution is 6.77. The molecule has 4 nitrogen and oxygen atoms in total. The molecule has 0 unspecified atom stereocenters. The van der Waals surface area contributed by atoms with Gasteiger partial charge in [-0.3, -0.25) is 0 Å². The Balaban J connectivity index is 2.57. The van der Waals surface area contributed by atoms with E-state index in [0.29, 0.717) is 29.5 Å². The van der Waals surface area contributed by atoms with Crippen molar-refractivity contribution >= 4 is 14.3 Å². The Morgan fingerprint density at radius 3 is 1.76 bits per heavy atom. The second-order valence-corrected chi connectivity index (χ2v) is 13.3. The summed E-state index contributed by atoms with van der Waals surface area (Å²) >= 11 is 0. The van der Waals surface area contributed by atoms with Gasteiger partial charge in [-0.25, -0.2) is 4.79 Å². The van der Waals surface area contributed by atoms with Crippen molar-refractivity contribution in [3.05, 3.63) is 0 Å². The van der Waals surface area contributed by atoms with E-state index in [1.165, 1.54) is 0 Å². The molecule has 25 heavy (non-hydrogen) atoms. The van der Waals surface area contributed by atoms with Crippen LogP contribution in [0.25, 0.3) is 0 Å². The minimum Gasteiger partial charge on any atom is -0.413 e. The third-order valence-electron chi connectivity index (χ3n) is 5.30. The van der Waals surface area contributed by atoms with Gasteiger partial charge in [0.05, 0.1) is 0 Å². The fourth-order valence-electron chi connectivity index (χ4n) is 4.19. The number of carbonyl (C=O) groups is 1. The summed E-state index contributed by atoms with van der Waals surface area (Å²) in [7, 11) is -1.95. The summed E-state index contributed by atoms with van der Waals surface area (Å²) in [5.41, 5.74) is 3.75. The van der Waals surface area contributed by atoms with E-state index in [9.17, 15) is 18.0 Å². The van der Waals surface area contributed by atoms with E-state index in [0.717, 1.165) is 12.8 Å². The van der Waals surface area contributed by atoms with Gasteiger partial charge in [0.1, 0.15) is 0 Å². The van der Waals surface area contributed by atoms with Gasteiger partial charge in [0, 0.05) is 12.1 Å². The Morgan fingerprint density at radius 2 is 1.40 bits per heavy atom. The lowest BCUT2D eigenvalue weighted by Gasteiger charge is -2.46. The Kier molecular flexibility index (Phi) is 7.95. The van der Waals surface area contributed by atoms with Gasteiger partial charge in [-0.05, 0) is 42.3 Å². The van der Waals surface area contributed by atoms with Crippen LogP contribution < -0.4 is 5.48 Å². The molecule has 0 saturated heterocycles. The van der Waals surface area contributed by atoms with Crippen LogP contribution in [0.15, 0.2) is 0 Å². The predicted octanol–water partition coefficient (Wildman–Crippen LogP) is 5.10. The lowest BCUT2D eigenvalue weighted by atomic mass is 9.94. The number of hydroxylamine groups is 1. The number of hydrogen-bond acceptors (Lipinski definition) is 4. The van der Waals surface area contributed by atoms with Gasteiger partial charge in [-0.1, -0.05) is 41.5 Å². The molecule has 0 radical (unpaired) electrons. The number of carbonyl (C=O) groups excluding carboxylic acids is 1. The van der Waals surface area contributed by atoms with Crippen LogP contribution in [-0.4, -0.2) is 32.6 Å². The Labute approximate surface area is 149 Å². The van der Waals surface area contributed by atoms with Gasteiger partial charge >= 0.3 is 12.1 Å². The molecule has 1 aliphatic rings. The summed E-state index contributed by atoms with van der Waals surface area (Å²) in [6.07, 6.45) is -2.03. The average molecular weight is 384 g/mol. The maximum absolute atomic E-state index is 12.1. The number of halogens is 3. The van der Waals surface area contributed by atoms with Gasteiger partial charge in [-0.2, -0.15) is 13.2 Å². The summed E-state index contributed by atoms with van der Waals surface area (Å²) in [5, 5.41) is 0. The van der Waals surface area contributed by atoms with Crippen molar-refractivity contribution in [1.29, 1.82) is 0 Å². The van der Waals surface area contributed by atoms with E-state index < -0.39 is 20.5 Å². The quantitative estimate of drug-likeness (QED) is 0.491. The van der Waals surface area contributed by atoms with E-state index in [4.69, 9.17) is 4.43 Å². The molecule has 8 heteroatoms. The third kappa shape index (κ3) is 5.69. The Morgan fingerprint density at radius 1 is 0.960 bits per heavy atom. The van der Waals surface area contributed by atoms with Crippen molar-refractivity contribution < 1.29 is 27.2 Å². The molecule has 1 N–H and O–H groups in total. The molecule has 0 heterocycles. The Bertz CT molecular complexity index is 412. The average Bonchev–Trinajstić information content (AvgIpc) is 2.49. The van der Waals surface area contributed by atoms with Crippen LogP contribution in [0.1, 0.15) is 67.2 Å². The number of alkyl halides is 3. The fraction of sp³-hybridized carbons (Fsp3) is 0.941.